The summed E-state index contributed by atoms with van der Waals surface area (Å²) >= 11 is 0. The molecule has 1 saturated carbocycles. The molecule has 0 radical (unpaired) electrons. The van der Waals surface area contributed by atoms with Crippen molar-refractivity contribution in [3.8, 4) is 0 Å². The fourth-order valence-corrected chi connectivity index (χ4v) is 5.69. The van der Waals surface area contributed by atoms with Crippen LogP contribution in [-0.2, 0) is 14.8 Å². The van der Waals surface area contributed by atoms with Crippen LogP contribution in [0.5, 0.6) is 0 Å². The first-order valence-corrected chi connectivity index (χ1v) is 11.9. The Bertz CT molecular complexity index is 1020. The summed E-state index contributed by atoms with van der Waals surface area (Å²) in [4.78, 5) is 21.0. The number of anilines is 2. The molecule has 2 aromatic rings. The van der Waals surface area contributed by atoms with Gasteiger partial charge < -0.3 is 9.80 Å². The highest BCUT2D eigenvalue weighted by atomic mass is 32.2. The van der Waals surface area contributed by atoms with Crippen LogP contribution >= 0.6 is 0 Å². The van der Waals surface area contributed by atoms with Crippen LogP contribution in [0.25, 0.3) is 0 Å². The Hall–Kier alpha value is -2.45. The quantitative estimate of drug-likeness (QED) is 0.747. The molecular formula is C22H28N4O3S. The topological polar surface area (TPSA) is 73.8 Å². The lowest BCUT2D eigenvalue weighted by Gasteiger charge is -2.38. The average molecular weight is 429 g/mol. The maximum Gasteiger partial charge on any atom is 0.248 e. The zero-order chi connectivity index (χ0) is 21.3. The van der Waals surface area contributed by atoms with Gasteiger partial charge in [0.25, 0.3) is 0 Å². The standard InChI is InChI=1S/C22H28N4O3S/c1-17-10-12-19(13-11-17)26-16-25(30(28,29)20-9-6-14-23-22(20)26)15-21(27)24(2)18-7-4-3-5-8-18/h6,9-14,18H,3-5,7-8,15-16H2,1-2H3. The Morgan fingerprint density at radius 3 is 2.53 bits per heavy atom. The van der Waals surface area contributed by atoms with Crippen LogP contribution in [0.3, 0.4) is 0 Å². The molecule has 1 amide bonds. The third-order valence-electron chi connectivity index (χ3n) is 6.10. The highest BCUT2D eigenvalue weighted by Crippen LogP contribution is 2.36. The van der Waals surface area contributed by atoms with Crippen molar-refractivity contribution >= 4 is 27.4 Å². The van der Waals surface area contributed by atoms with Crippen LogP contribution in [0, 0.1) is 6.92 Å². The Morgan fingerprint density at radius 1 is 1.13 bits per heavy atom. The average Bonchev–Trinajstić information content (AvgIpc) is 2.76. The van der Waals surface area contributed by atoms with Gasteiger partial charge in [0, 0.05) is 25.0 Å². The van der Waals surface area contributed by atoms with E-state index in [2.05, 4.69) is 4.98 Å². The predicted molar refractivity (Wildman–Crippen MR) is 116 cm³/mol. The minimum Gasteiger partial charge on any atom is -0.342 e. The van der Waals surface area contributed by atoms with Crippen LogP contribution in [0.2, 0.25) is 0 Å². The van der Waals surface area contributed by atoms with E-state index in [1.807, 2.05) is 36.1 Å². The molecule has 1 aliphatic heterocycles. The summed E-state index contributed by atoms with van der Waals surface area (Å²) in [5.74, 6) is 0.229. The van der Waals surface area contributed by atoms with E-state index in [0.717, 1.165) is 36.9 Å². The van der Waals surface area contributed by atoms with Gasteiger partial charge in [-0.1, -0.05) is 37.0 Å². The largest absolute Gasteiger partial charge is 0.342 e. The zero-order valence-corrected chi connectivity index (χ0v) is 18.3. The lowest BCUT2D eigenvalue weighted by molar-refractivity contribution is -0.132. The van der Waals surface area contributed by atoms with E-state index < -0.39 is 10.0 Å². The fourth-order valence-electron chi connectivity index (χ4n) is 4.22. The number of amides is 1. The van der Waals surface area contributed by atoms with Crippen LogP contribution in [0.1, 0.15) is 37.7 Å². The maximum atomic E-state index is 13.3. The SMILES string of the molecule is Cc1ccc(N2CN(CC(=O)N(C)C3CCCCC3)S(=O)(=O)c3cccnc32)cc1. The monoisotopic (exact) mass is 428 g/mol. The molecule has 30 heavy (non-hydrogen) atoms. The highest BCUT2D eigenvalue weighted by Gasteiger charge is 2.38. The minimum atomic E-state index is -3.81. The molecule has 0 atom stereocenters. The molecule has 0 bridgehead atoms. The normalized spacial score (nSPS) is 19.3. The highest BCUT2D eigenvalue weighted by molar-refractivity contribution is 7.89. The van der Waals surface area contributed by atoms with Gasteiger partial charge in [-0.3, -0.25) is 4.79 Å². The number of carbonyl (C=O) groups excluding carboxylic acids is 1. The van der Waals surface area contributed by atoms with E-state index in [0.29, 0.717) is 5.82 Å². The lowest BCUT2D eigenvalue weighted by Crippen LogP contribution is -2.50. The van der Waals surface area contributed by atoms with Gasteiger partial charge in [-0.2, -0.15) is 4.31 Å². The molecule has 2 aliphatic rings. The van der Waals surface area contributed by atoms with Crippen LogP contribution in [0.15, 0.2) is 47.5 Å². The summed E-state index contributed by atoms with van der Waals surface area (Å²) < 4.78 is 27.8. The lowest BCUT2D eigenvalue weighted by atomic mass is 9.94. The first kappa shape index (κ1) is 20.8. The van der Waals surface area contributed by atoms with Crippen LogP contribution < -0.4 is 4.90 Å². The number of pyridine rings is 1. The molecule has 0 spiro atoms. The molecule has 1 aromatic carbocycles. The minimum absolute atomic E-state index is 0.0552. The Labute approximate surface area is 178 Å². The third kappa shape index (κ3) is 3.94. The summed E-state index contributed by atoms with van der Waals surface area (Å²) in [7, 11) is -2.02. The molecule has 8 heteroatoms. The van der Waals surface area contributed by atoms with Gasteiger partial charge in [0.15, 0.2) is 5.82 Å². The fraction of sp³-hybridized carbons (Fsp3) is 0.455. The molecule has 7 nitrogen and oxygen atoms in total. The molecule has 160 valence electrons. The molecule has 0 unspecified atom stereocenters. The third-order valence-corrected chi connectivity index (χ3v) is 7.90. The number of benzene rings is 1. The van der Waals surface area contributed by atoms with E-state index in [9.17, 15) is 13.2 Å². The number of likely N-dealkylation sites (N-methyl/N-ethyl adjacent to an activating group) is 1. The number of aryl methyl sites for hydroxylation is 1. The van der Waals surface area contributed by atoms with Crippen LogP contribution in [-0.4, -0.2) is 54.8 Å². The number of fused-ring (bicyclic) bond motifs is 1. The van der Waals surface area contributed by atoms with Crippen molar-refractivity contribution < 1.29 is 13.2 Å². The van der Waals surface area contributed by atoms with E-state index in [4.69, 9.17) is 0 Å². The van der Waals surface area contributed by atoms with Crippen molar-refractivity contribution in [2.45, 2.75) is 50.0 Å². The summed E-state index contributed by atoms with van der Waals surface area (Å²) in [6.07, 6.45) is 6.99. The van der Waals surface area contributed by atoms with E-state index in [1.54, 1.807) is 30.3 Å². The Kier molecular flexibility index (Phi) is 5.79. The number of hydrogen-bond acceptors (Lipinski definition) is 5. The molecular weight excluding hydrogens is 400 g/mol. The van der Waals surface area contributed by atoms with Crippen molar-refractivity contribution in [2.75, 3.05) is 25.2 Å². The number of nitrogens with zero attached hydrogens (tertiary/aromatic N) is 4. The van der Waals surface area contributed by atoms with Gasteiger partial charge in [0.1, 0.15) is 4.90 Å². The van der Waals surface area contributed by atoms with Gasteiger partial charge in [-0.15, -0.1) is 0 Å². The van der Waals surface area contributed by atoms with Gasteiger partial charge in [-0.05, 0) is 44.0 Å². The maximum absolute atomic E-state index is 13.3. The number of carbonyl (C=O) groups is 1. The van der Waals surface area contributed by atoms with Gasteiger partial charge in [0.2, 0.25) is 15.9 Å². The van der Waals surface area contributed by atoms with Crippen LogP contribution in [0.4, 0.5) is 11.5 Å². The number of sulfonamides is 1. The number of hydrogen-bond donors (Lipinski definition) is 0. The van der Waals surface area contributed by atoms with Crippen molar-refractivity contribution in [3.05, 3.63) is 48.2 Å². The second-order valence-electron chi connectivity index (χ2n) is 8.14. The summed E-state index contributed by atoms with van der Waals surface area (Å²) in [5.41, 5.74) is 1.96. The van der Waals surface area contributed by atoms with Gasteiger partial charge in [0.05, 0.1) is 13.2 Å². The van der Waals surface area contributed by atoms with Crippen molar-refractivity contribution in [3.63, 3.8) is 0 Å². The second-order valence-corrected chi connectivity index (χ2v) is 10.0. The van der Waals surface area contributed by atoms with Gasteiger partial charge >= 0.3 is 0 Å². The summed E-state index contributed by atoms with van der Waals surface area (Å²) in [5, 5.41) is 0. The van der Waals surface area contributed by atoms with Gasteiger partial charge in [-0.25, -0.2) is 13.4 Å². The zero-order valence-electron chi connectivity index (χ0n) is 17.5. The Balaban J connectivity index is 1.63. The van der Waals surface area contributed by atoms with E-state index in [-0.39, 0.29) is 30.1 Å². The first-order chi connectivity index (χ1) is 14.4. The predicted octanol–water partition coefficient (Wildman–Crippen LogP) is 3.28. The number of aromatic nitrogens is 1. The molecule has 1 fully saturated rings. The summed E-state index contributed by atoms with van der Waals surface area (Å²) in [6.45, 7) is 1.88. The molecule has 4 rings (SSSR count). The second kappa shape index (κ2) is 8.35. The smallest absolute Gasteiger partial charge is 0.248 e. The molecule has 0 saturated heterocycles. The molecule has 1 aliphatic carbocycles. The van der Waals surface area contributed by atoms with Crippen molar-refractivity contribution in [1.82, 2.24) is 14.2 Å². The summed E-state index contributed by atoms with van der Waals surface area (Å²) in [6, 6.07) is 11.2. The van der Waals surface area contributed by atoms with Crippen molar-refractivity contribution in [2.24, 2.45) is 0 Å². The first-order valence-electron chi connectivity index (χ1n) is 10.4. The number of rotatable bonds is 4. The Morgan fingerprint density at radius 2 is 1.83 bits per heavy atom. The van der Waals surface area contributed by atoms with Crippen molar-refractivity contribution in [1.29, 1.82) is 0 Å². The molecule has 2 heterocycles. The van der Waals surface area contributed by atoms with E-state index >= 15 is 0 Å². The van der Waals surface area contributed by atoms with E-state index in [1.165, 1.54) is 10.7 Å². The molecule has 0 N–H and O–H groups in total. The molecule has 1 aromatic heterocycles.